The largest absolute Gasteiger partial charge is 0.466 e. The predicted molar refractivity (Wildman–Crippen MR) is 112 cm³/mol. The molecule has 0 aliphatic heterocycles. The number of carbonyl (C=O) groups is 1. The third-order valence-corrected chi connectivity index (χ3v) is 5.93. The van der Waals surface area contributed by atoms with Gasteiger partial charge in [-0.2, -0.15) is 0 Å². The molecule has 0 amide bonds. The zero-order chi connectivity index (χ0) is 21.0. The van der Waals surface area contributed by atoms with Crippen molar-refractivity contribution in [3.8, 4) is 0 Å². The van der Waals surface area contributed by atoms with E-state index in [1.54, 1.807) is 23.2 Å². The molecule has 1 atom stereocenters. The molecular weight excluding hydrogens is 390 g/mol. The van der Waals surface area contributed by atoms with Crippen LogP contribution in [0.4, 0.5) is 0 Å². The fraction of sp³-hybridized carbons (Fsp3) is 0.238. The number of aromatic nitrogens is 1. The third-order valence-electron chi connectivity index (χ3n) is 4.59. The van der Waals surface area contributed by atoms with Crippen LogP contribution in [0.3, 0.4) is 0 Å². The van der Waals surface area contributed by atoms with E-state index < -0.39 is 11.0 Å². The second-order valence-corrected chi connectivity index (χ2v) is 7.89. The van der Waals surface area contributed by atoms with Crippen molar-refractivity contribution in [3.05, 3.63) is 65.4 Å². The molecule has 1 heterocycles. The van der Waals surface area contributed by atoms with Gasteiger partial charge in [-0.1, -0.05) is 28.9 Å². The molecule has 1 aromatic heterocycles. The average Bonchev–Trinajstić information content (AvgIpc) is 3.17. The van der Waals surface area contributed by atoms with E-state index >= 15 is 0 Å². The molecule has 3 N–H and O–H groups in total. The molecule has 1 unspecified atom stereocenters. The fourth-order valence-electron chi connectivity index (χ4n) is 3.14. The molecule has 0 radical (unpaired) electrons. The van der Waals surface area contributed by atoms with E-state index in [1.807, 2.05) is 43.3 Å². The summed E-state index contributed by atoms with van der Waals surface area (Å²) in [7, 11) is -1.52. The number of esters is 1. The maximum atomic E-state index is 13.2. The van der Waals surface area contributed by atoms with Crippen LogP contribution in [-0.2, 0) is 26.9 Å². The van der Waals surface area contributed by atoms with Gasteiger partial charge in [-0.25, -0.2) is 4.21 Å². The quantitative estimate of drug-likeness (QED) is 0.203. The number of amidine groups is 1. The lowest BCUT2D eigenvalue weighted by atomic mass is 10.0. The molecule has 0 aliphatic rings. The van der Waals surface area contributed by atoms with Crippen LogP contribution < -0.4 is 5.73 Å². The number of hydrogen-bond donors (Lipinski definition) is 2. The Morgan fingerprint density at radius 2 is 1.93 bits per heavy atom. The maximum Gasteiger partial charge on any atom is 0.306 e. The van der Waals surface area contributed by atoms with Crippen LogP contribution in [0.5, 0.6) is 0 Å². The van der Waals surface area contributed by atoms with E-state index in [2.05, 4.69) is 5.16 Å². The van der Waals surface area contributed by atoms with Gasteiger partial charge in [0, 0.05) is 23.6 Å². The summed E-state index contributed by atoms with van der Waals surface area (Å²) in [5.41, 5.74) is 8.88. The molecular formula is C21H23N3O4S. The van der Waals surface area contributed by atoms with Gasteiger partial charge in [0.15, 0.2) is 16.8 Å². The number of oxime groups is 1. The molecule has 8 heteroatoms. The third kappa shape index (κ3) is 4.32. The number of hydrogen-bond acceptors (Lipinski definition) is 5. The number of ether oxygens (including phenoxy) is 1. The van der Waals surface area contributed by atoms with E-state index in [0.717, 1.165) is 16.5 Å². The Bertz CT molecular complexity index is 1090. The number of carbonyl (C=O) groups excluding carboxylic acids is 1. The normalized spacial score (nSPS) is 12.8. The van der Waals surface area contributed by atoms with E-state index in [1.165, 1.54) is 0 Å². The van der Waals surface area contributed by atoms with Gasteiger partial charge < -0.3 is 15.7 Å². The first-order valence-corrected chi connectivity index (χ1v) is 10.3. The summed E-state index contributed by atoms with van der Waals surface area (Å²) in [6, 6.07) is 12.8. The van der Waals surface area contributed by atoms with E-state index in [9.17, 15) is 14.2 Å². The van der Waals surface area contributed by atoms with Gasteiger partial charge in [-0.15, -0.1) is 0 Å². The Balaban J connectivity index is 2.09. The monoisotopic (exact) mass is 413 g/mol. The number of nitrogens with zero attached hydrogens (tertiary/aromatic N) is 2. The molecule has 3 rings (SSSR count). The molecule has 29 heavy (non-hydrogen) atoms. The Labute approximate surface area is 171 Å². The van der Waals surface area contributed by atoms with Gasteiger partial charge in [-0.05, 0) is 50.1 Å². The molecule has 0 saturated heterocycles. The highest BCUT2D eigenvalue weighted by molar-refractivity contribution is 7.83. The van der Waals surface area contributed by atoms with Crippen LogP contribution in [0.15, 0.2) is 58.7 Å². The molecule has 7 nitrogen and oxygen atoms in total. The van der Waals surface area contributed by atoms with Crippen molar-refractivity contribution < 1.29 is 18.9 Å². The first kappa shape index (κ1) is 20.6. The van der Waals surface area contributed by atoms with Crippen molar-refractivity contribution in [1.82, 2.24) is 3.97 Å². The summed E-state index contributed by atoms with van der Waals surface area (Å²) in [5, 5.41) is 13.1. The average molecular weight is 413 g/mol. The maximum absolute atomic E-state index is 13.2. The fourth-order valence-corrected chi connectivity index (χ4v) is 4.27. The van der Waals surface area contributed by atoms with Gasteiger partial charge in [0.05, 0.1) is 17.0 Å². The summed E-state index contributed by atoms with van der Waals surface area (Å²) in [4.78, 5) is 12.4. The van der Waals surface area contributed by atoms with Crippen molar-refractivity contribution in [2.45, 2.75) is 31.6 Å². The zero-order valence-electron chi connectivity index (χ0n) is 16.3. The van der Waals surface area contributed by atoms with Crippen LogP contribution in [0.25, 0.3) is 10.9 Å². The zero-order valence-corrected chi connectivity index (χ0v) is 17.1. The van der Waals surface area contributed by atoms with Crippen molar-refractivity contribution in [3.63, 3.8) is 0 Å². The highest BCUT2D eigenvalue weighted by Gasteiger charge is 2.18. The Kier molecular flexibility index (Phi) is 6.33. The van der Waals surface area contributed by atoms with Crippen molar-refractivity contribution in [2.24, 2.45) is 10.9 Å². The second-order valence-electron chi connectivity index (χ2n) is 6.53. The standard InChI is InChI=1S/C21H23N3O4S/c1-3-28-19(25)11-7-15-6-10-18(21(22)23-26)20-17(15)12-13-24(20)29(27)16-8-4-14(2)5-9-16/h4-6,8-10,12-13,26H,3,7,11H2,1-2H3,(H2,22,23). The minimum Gasteiger partial charge on any atom is -0.466 e. The SMILES string of the molecule is CCOC(=O)CCc1ccc(/C(N)=N/O)c2c1ccn2S(=O)c1ccc(C)cc1. The number of fused-ring (bicyclic) bond motifs is 1. The predicted octanol–water partition coefficient (Wildman–Crippen LogP) is 3.11. The minimum absolute atomic E-state index is 0.0761. The summed E-state index contributed by atoms with van der Waals surface area (Å²) < 4.78 is 19.8. The summed E-state index contributed by atoms with van der Waals surface area (Å²) in [6.07, 6.45) is 2.41. The molecule has 0 fully saturated rings. The van der Waals surface area contributed by atoms with Crippen molar-refractivity contribution >= 4 is 33.7 Å². The molecule has 2 aromatic carbocycles. The molecule has 0 saturated carbocycles. The Hall–Kier alpha value is -3.13. The molecule has 0 spiro atoms. The summed E-state index contributed by atoms with van der Waals surface area (Å²) >= 11 is 0. The lowest BCUT2D eigenvalue weighted by Crippen LogP contribution is -2.16. The highest BCUT2D eigenvalue weighted by Crippen LogP contribution is 2.28. The van der Waals surface area contributed by atoms with Gasteiger partial charge in [0.25, 0.3) is 0 Å². The number of nitrogens with two attached hydrogens (primary N) is 1. The van der Waals surface area contributed by atoms with Crippen molar-refractivity contribution in [2.75, 3.05) is 6.61 Å². The van der Waals surface area contributed by atoms with Crippen molar-refractivity contribution in [1.29, 1.82) is 0 Å². The number of rotatable bonds is 7. The number of aryl methyl sites for hydroxylation is 2. The Morgan fingerprint density at radius 3 is 2.59 bits per heavy atom. The summed E-state index contributed by atoms with van der Waals surface area (Å²) in [5.74, 6) is -0.350. The van der Waals surface area contributed by atoms with Crippen LogP contribution in [0, 0.1) is 6.92 Å². The van der Waals surface area contributed by atoms with Gasteiger partial charge in [0.2, 0.25) is 0 Å². The molecule has 0 bridgehead atoms. The number of benzene rings is 2. The molecule has 3 aromatic rings. The van der Waals surface area contributed by atoms with E-state index in [0.29, 0.717) is 29.0 Å². The van der Waals surface area contributed by atoms with Gasteiger partial charge in [-0.3, -0.25) is 8.77 Å². The van der Waals surface area contributed by atoms with Crippen LogP contribution in [-0.4, -0.2) is 31.8 Å². The first-order chi connectivity index (χ1) is 14.0. The first-order valence-electron chi connectivity index (χ1n) is 9.21. The smallest absolute Gasteiger partial charge is 0.306 e. The van der Waals surface area contributed by atoms with Crippen LogP contribution in [0.2, 0.25) is 0 Å². The molecule has 0 aliphatic carbocycles. The van der Waals surface area contributed by atoms with E-state index in [4.69, 9.17) is 10.5 Å². The van der Waals surface area contributed by atoms with Crippen LogP contribution in [0.1, 0.15) is 30.0 Å². The lowest BCUT2D eigenvalue weighted by molar-refractivity contribution is -0.143. The summed E-state index contributed by atoms with van der Waals surface area (Å²) in [6.45, 7) is 4.06. The van der Waals surface area contributed by atoms with Crippen LogP contribution >= 0.6 is 0 Å². The van der Waals surface area contributed by atoms with Gasteiger partial charge in [0.1, 0.15) is 0 Å². The lowest BCUT2D eigenvalue weighted by Gasteiger charge is -2.11. The van der Waals surface area contributed by atoms with Gasteiger partial charge >= 0.3 is 5.97 Å². The Morgan fingerprint density at radius 1 is 1.21 bits per heavy atom. The second kappa shape index (κ2) is 8.91. The topological polar surface area (TPSA) is 107 Å². The minimum atomic E-state index is -1.52. The highest BCUT2D eigenvalue weighted by atomic mass is 32.2. The van der Waals surface area contributed by atoms with E-state index in [-0.39, 0.29) is 18.2 Å². The molecule has 152 valence electrons.